The van der Waals surface area contributed by atoms with Gasteiger partial charge in [-0.3, -0.25) is 19.2 Å². The van der Waals surface area contributed by atoms with Crippen LogP contribution in [0.4, 0.5) is 5.69 Å². The van der Waals surface area contributed by atoms with Crippen LogP contribution >= 0.6 is 0 Å². The number of anilines is 1. The van der Waals surface area contributed by atoms with Gasteiger partial charge in [-0.1, -0.05) is 23.8 Å². The van der Waals surface area contributed by atoms with E-state index in [9.17, 15) is 19.2 Å². The van der Waals surface area contributed by atoms with Crippen molar-refractivity contribution in [2.24, 2.45) is 0 Å². The smallest absolute Gasteiger partial charge is 0.325 e. The van der Waals surface area contributed by atoms with Crippen molar-refractivity contribution in [3.63, 3.8) is 0 Å². The Labute approximate surface area is 181 Å². The summed E-state index contributed by atoms with van der Waals surface area (Å²) in [5.41, 5.74) is 2.24. The van der Waals surface area contributed by atoms with Gasteiger partial charge in [0.05, 0.1) is 0 Å². The SMILES string of the molecule is CCN(CC)C(=O)c1cccc(NC(=O)COC(=O)CNC(=O)c2cccc(C)c2)c1. The Morgan fingerprint density at radius 1 is 0.935 bits per heavy atom. The van der Waals surface area contributed by atoms with E-state index < -0.39 is 24.4 Å². The Kier molecular flexibility index (Phi) is 8.75. The number of amides is 3. The zero-order valence-corrected chi connectivity index (χ0v) is 17.9. The number of carbonyl (C=O) groups excluding carboxylic acids is 4. The van der Waals surface area contributed by atoms with Gasteiger partial charge in [0.15, 0.2) is 6.61 Å². The average molecular weight is 425 g/mol. The van der Waals surface area contributed by atoms with Crippen LogP contribution in [-0.4, -0.2) is 54.8 Å². The Balaban J connectivity index is 1.81. The number of ether oxygens (including phenoxy) is 1. The highest BCUT2D eigenvalue weighted by Gasteiger charge is 2.14. The van der Waals surface area contributed by atoms with Crippen LogP contribution < -0.4 is 10.6 Å². The van der Waals surface area contributed by atoms with Crippen molar-refractivity contribution in [2.45, 2.75) is 20.8 Å². The molecule has 0 heterocycles. The minimum atomic E-state index is -0.735. The summed E-state index contributed by atoms with van der Waals surface area (Å²) in [5.74, 6) is -1.82. The van der Waals surface area contributed by atoms with Crippen LogP contribution in [-0.2, 0) is 14.3 Å². The van der Waals surface area contributed by atoms with Gasteiger partial charge in [-0.15, -0.1) is 0 Å². The zero-order valence-electron chi connectivity index (χ0n) is 17.9. The fourth-order valence-electron chi connectivity index (χ4n) is 2.86. The molecule has 0 saturated carbocycles. The molecule has 164 valence electrons. The molecule has 0 atom stereocenters. The molecular formula is C23H27N3O5. The van der Waals surface area contributed by atoms with E-state index in [1.165, 1.54) is 0 Å². The molecule has 0 aliphatic heterocycles. The number of rotatable bonds is 9. The number of hydrogen-bond acceptors (Lipinski definition) is 5. The summed E-state index contributed by atoms with van der Waals surface area (Å²) < 4.78 is 4.90. The molecule has 0 fully saturated rings. The topological polar surface area (TPSA) is 105 Å². The molecule has 2 aromatic carbocycles. The molecule has 3 amide bonds. The molecule has 2 N–H and O–H groups in total. The van der Waals surface area contributed by atoms with E-state index in [4.69, 9.17) is 4.74 Å². The molecule has 2 rings (SSSR count). The molecule has 0 spiro atoms. The third-order valence-corrected chi connectivity index (χ3v) is 4.48. The van der Waals surface area contributed by atoms with E-state index in [-0.39, 0.29) is 12.5 Å². The first kappa shape index (κ1) is 23.6. The quantitative estimate of drug-likeness (QED) is 0.600. The van der Waals surface area contributed by atoms with Crippen molar-refractivity contribution in [3.05, 3.63) is 65.2 Å². The largest absolute Gasteiger partial charge is 0.454 e. The molecule has 0 aromatic heterocycles. The Hall–Kier alpha value is -3.68. The maximum absolute atomic E-state index is 12.4. The molecular weight excluding hydrogens is 398 g/mol. The van der Waals surface area contributed by atoms with Crippen molar-refractivity contribution in [1.29, 1.82) is 0 Å². The maximum Gasteiger partial charge on any atom is 0.325 e. The highest BCUT2D eigenvalue weighted by Crippen LogP contribution is 2.13. The fourth-order valence-corrected chi connectivity index (χ4v) is 2.86. The summed E-state index contributed by atoms with van der Waals surface area (Å²) in [7, 11) is 0. The van der Waals surface area contributed by atoms with Crippen LogP contribution in [0.1, 0.15) is 40.1 Å². The first-order valence-corrected chi connectivity index (χ1v) is 10.0. The van der Waals surface area contributed by atoms with E-state index >= 15 is 0 Å². The molecule has 0 radical (unpaired) electrons. The molecule has 2 aromatic rings. The van der Waals surface area contributed by atoms with Crippen LogP contribution in [0, 0.1) is 6.92 Å². The second-order valence-electron chi connectivity index (χ2n) is 6.82. The van der Waals surface area contributed by atoms with Crippen molar-refractivity contribution in [3.8, 4) is 0 Å². The van der Waals surface area contributed by atoms with E-state index in [2.05, 4.69) is 10.6 Å². The maximum atomic E-state index is 12.4. The summed E-state index contributed by atoms with van der Waals surface area (Å²) >= 11 is 0. The third-order valence-electron chi connectivity index (χ3n) is 4.48. The van der Waals surface area contributed by atoms with Crippen LogP contribution in [0.15, 0.2) is 48.5 Å². The van der Waals surface area contributed by atoms with Gasteiger partial charge in [0.2, 0.25) is 0 Å². The number of nitrogens with one attached hydrogen (secondary N) is 2. The van der Waals surface area contributed by atoms with E-state index in [0.29, 0.717) is 29.9 Å². The van der Waals surface area contributed by atoms with Crippen LogP contribution in [0.5, 0.6) is 0 Å². The van der Waals surface area contributed by atoms with Gasteiger partial charge in [0.1, 0.15) is 6.54 Å². The molecule has 0 aliphatic rings. The van der Waals surface area contributed by atoms with Gasteiger partial charge in [0, 0.05) is 29.9 Å². The zero-order chi connectivity index (χ0) is 22.8. The Bertz CT molecular complexity index is 954. The van der Waals surface area contributed by atoms with Crippen molar-refractivity contribution < 1.29 is 23.9 Å². The standard InChI is InChI=1S/C23H27N3O5/c1-4-26(5-2)23(30)18-10-7-11-19(13-18)25-20(27)15-31-21(28)14-24-22(29)17-9-6-8-16(3)12-17/h6-13H,4-5,14-15H2,1-3H3,(H,24,29)(H,25,27). The Morgan fingerprint density at radius 3 is 2.29 bits per heavy atom. The minimum Gasteiger partial charge on any atom is -0.454 e. The van der Waals surface area contributed by atoms with E-state index in [0.717, 1.165) is 5.56 Å². The lowest BCUT2D eigenvalue weighted by atomic mass is 10.1. The molecule has 0 bridgehead atoms. The predicted molar refractivity (Wildman–Crippen MR) is 117 cm³/mol. The third kappa shape index (κ3) is 7.26. The van der Waals surface area contributed by atoms with Crippen LogP contribution in [0.3, 0.4) is 0 Å². The van der Waals surface area contributed by atoms with E-state index in [1.54, 1.807) is 47.4 Å². The number of benzene rings is 2. The van der Waals surface area contributed by atoms with Gasteiger partial charge >= 0.3 is 5.97 Å². The van der Waals surface area contributed by atoms with Crippen LogP contribution in [0.25, 0.3) is 0 Å². The first-order valence-electron chi connectivity index (χ1n) is 10.0. The van der Waals surface area contributed by atoms with Crippen molar-refractivity contribution in [1.82, 2.24) is 10.2 Å². The summed E-state index contributed by atoms with van der Waals surface area (Å²) in [6.45, 7) is 5.96. The molecule has 8 heteroatoms. The molecule has 0 aliphatic carbocycles. The molecule has 0 unspecified atom stereocenters. The van der Waals surface area contributed by atoms with E-state index in [1.807, 2.05) is 26.8 Å². The molecule has 8 nitrogen and oxygen atoms in total. The number of esters is 1. The van der Waals surface area contributed by atoms with Gasteiger partial charge in [-0.25, -0.2) is 0 Å². The summed E-state index contributed by atoms with van der Waals surface area (Å²) in [6.07, 6.45) is 0. The number of nitrogens with zero attached hydrogens (tertiary/aromatic N) is 1. The number of hydrogen-bond donors (Lipinski definition) is 2. The predicted octanol–water partition coefficient (Wildman–Crippen LogP) is 2.39. The highest BCUT2D eigenvalue weighted by atomic mass is 16.5. The molecule has 31 heavy (non-hydrogen) atoms. The van der Waals surface area contributed by atoms with Gasteiger partial charge < -0.3 is 20.3 Å². The lowest BCUT2D eigenvalue weighted by Crippen LogP contribution is -2.32. The minimum absolute atomic E-state index is 0.128. The fraction of sp³-hybridized carbons (Fsp3) is 0.304. The summed E-state index contributed by atoms with van der Waals surface area (Å²) in [5, 5.41) is 5.04. The van der Waals surface area contributed by atoms with Crippen molar-refractivity contribution >= 4 is 29.4 Å². The van der Waals surface area contributed by atoms with Crippen molar-refractivity contribution in [2.75, 3.05) is 31.6 Å². The monoisotopic (exact) mass is 425 g/mol. The Morgan fingerprint density at radius 2 is 1.61 bits per heavy atom. The highest BCUT2D eigenvalue weighted by molar-refractivity contribution is 5.98. The second kappa shape index (κ2) is 11.5. The summed E-state index contributed by atoms with van der Waals surface area (Å²) in [6, 6.07) is 13.5. The van der Waals surface area contributed by atoms with Gasteiger partial charge in [-0.2, -0.15) is 0 Å². The van der Waals surface area contributed by atoms with Crippen LogP contribution in [0.2, 0.25) is 0 Å². The van der Waals surface area contributed by atoms with Gasteiger partial charge in [0.25, 0.3) is 17.7 Å². The van der Waals surface area contributed by atoms with Gasteiger partial charge in [-0.05, 0) is 51.1 Å². The number of carbonyl (C=O) groups is 4. The first-order chi connectivity index (χ1) is 14.8. The lowest BCUT2D eigenvalue weighted by molar-refractivity contribution is -0.146. The lowest BCUT2D eigenvalue weighted by Gasteiger charge is -2.19. The normalized spacial score (nSPS) is 10.2. The second-order valence-corrected chi connectivity index (χ2v) is 6.82. The number of aryl methyl sites for hydroxylation is 1. The summed E-state index contributed by atoms with van der Waals surface area (Å²) in [4.78, 5) is 50.0. The average Bonchev–Trinajstić information content (AvgIpc) is 2.77. The molecule has 0 saturated heterocycles.